The Bertz CT molecular complexity index is 1070. The van der Waals surface area contributed by atoms with Crippen LogP contribution < -0.4 is 10.1 Å². The van der Waals surface area contributed by atoms with Crippen molar-refractivity contribution in [3.8, 4) is 5.75 Å². The zero-order valence-electron chi connectivity index (χ0n) is 23.1. The summed E-state index contributed by atoms with van der Waals surface area (Å²) >= 11 is 0. The maximum Gasteiger partial charge on any atom is 0.227 e. The number of carbonyl (C=O) groups excluding carboxylic acids is 2. The van der Waals surface area contributed by atoms with Gasteiger partial charge in [0, 0.05) is 42.7 Å². The molecule has 0 unspecified atom stereocenters. The highest BCUT2D eigenvalue weighted by Gasteiger charge is 2.31. The highest BCUT2D eigenvalue weighted by atomic mass is 16.5. The molecular weight excluding hydrogens is 478 g/mol. The lowest BCUT2D eigenvalue weighted by Gasteiger charge is -2.34. The van der Waals surface area contributed by atoms with Gasteiger partial charge in [0.25, 0.3) is 0 Å². The van der Waals surface area contributed by atoms with Crippen LogP contribution in [0.1, 0.15) is 57.1 Å². The van der Waals surface area contributed by atoms with Gasteiger partial charge in [-0.3, -0.25) is 14.5 Å². The Labute approximate surface area is 227 Å². The molecule has 1 heterocycles. The number of aliphatic hydroxyl groups is 1. The van der Waals surface area contributed by atoms with Gasteiger partial charge in [-0.05, 0) is 50.6 Å². The minimum atomic E-state index is -0.289. The number of hydrogen-bond donors (Lipinski definition) is 2. The van der Waals surface area contributed by atoms with E-state index >= 15 is 0 Å². The molecule has 0 radical (unpaired) electrons. The van der Waals surface area contributed by atoms with Gasteiger partial charge in [0.05, 0.1) is 19.1 Å². The SMILES string of the molecule is C[C@@H]1CN([C@H](C)CO)C(=O)Cc2cc(NC(=O)C3CCCCC3)ccc2O[C@H]1CN(C)Cc1ccccc1. The summed E-state index contributed by atoms with van der Waals surface area (Å²) in [6.07, 6.45) is 5.26. The number of ether oxygens (including phenoxy) is 1. The summed E-state index contributed by atoms with van der Waals surface area (Å²) < 4.78 is 6.63. The van der Waals surface area contributed by atoms with Crippen LogP contribution in [0.15, 0.2) is 48.5 Å². The van der Waals surface area contributed by atoms with E-state index in [9.17, 15) is 14.7 Å². The maximum atomic E-state index is 13.4. The second-order valence-corrected chi connectivity index (χ2v) is 11.2. The second kappa shape index (κ2) is 13.3. The minimum Gasteiger partial charge on any atom is -0.488 e. The van der Waals surface area contributed by atoms with Crippen LogP contribution >= 0.6 is 0 Å². The molecule has 0 bridgehead atoms. The van der Waals surface area contributed by atoms with Gasteiger partial charge in [-0.15, -0.1) is 0 Å². The first-order valence-electron chi connectivity index (χ1n) is 14.1. The number of amides is 2. The zero-order valence-corrected chi connectivity index (χ0v) is 23.1. The normalized spacial score (nSPS) is 21.6. The van der Waals surface area contributed by atoms with Gasteiger partial charge in [-0.2, -0.15) is 0 Å². The zero-order chi connectivity index (χ0) is 27.1. The van der Waals surface area contributed by atoms with Crippen molar-refractivity contribution < 1.29 is 19.4 Å². The molecule has 1 fully saturated rings. The predicted molar refractivity (Wildman–Crippen MR) is 150 cm³/mol. The highest BCUT2D eigenvalue weighted by molar-refractivity contribution is 5.93. The maximum absolute atomic E-state index is 13.4. The van der Waals surface area contributed by atoms with Crippen molar-refractivity contribution in [1.82, 2.24) is 9.80 Å². The van der Waals surface area contributed by atoms with Crippen LogP contribution in [0.25, 0.3) is 0 Å². The smallest absolute Gasteiger partial charge is 0.227 e. The predicted octanol–water partition coefficient (Wildman–Crippen LogP) is 4.49. The monoisotopic (exact) mass is 521 g/mol. The fourth-order valence-electron chi connectivity index (χ4n) is 5.60. The van der Waals surface area contributed by atoms with Gasteiger partial charge in [-0.25, -0.2) is 0 Å². The van der Waals surface area contributed by atoms with Crippen molar-refractivity contribution >= 4 is 17.5 Å². The number of carbonyl (C=O) groups is 2. The Balaban J connectivity index is 1.57. The molecule has 1 aliphatic carbocycles. The summed E-state index contributed by atoms with van der Waals surface area (Å²) in [5.74, 6) is 0.792. The molecule has 2 aromatic rings. The number of benzene rings is 2. The molecule has 2 amide bonds. The van der Waals surface area contributed by atoms with E-state index in [2.05, 4.69) is 36.3 Å². The molecule has 7 nitrogen and oxygen atoms in total. The van der Waals surface area contributed by atoms with E-state index < -0.39 is 0 Å². The molecule has 0 spiro atoms. The first-order valence-corrected chi connectivity index (χ1v) is 14.1. The van der Waals surface area contributed by atoms with E-state index in [1.165, 1.54) is 12.0 Å². The summed E-state index contributed by atoms with van der Waals surface area (Å²) in [5, 5.41) is 13.0. The molecule has 38 heavy (non-hydrogen) atoms. The molecule has 3 atom stereocenters. The number of likely N-dealkylation sites (N-methyl/N-ethyl adjacent to an activating group) is 1. The van der Waals surface area contributed by atoms with Crippen LogP contribution in [0.4, 0.5) is 5.69 Å². The molecule has 7 heteroatoms. The van der Waals surface area contributed by atoms with Crippen molar-refractivity contribution in [3.05, 3.63) is 59.7 Å². The molecule has 206 valence electrons. The standard InChI is InChI=1S/C31H43N3O4/c1-22-18-34(23(2)21-35)30(36)17-26-16-27(32-31(37)25-12-8-5-9-13-25)14-15-28(26)38-29(22)20-33(3)19-24-10-6-4-7-11-24/h4,6-7,10-11,14-16,22-23,25,29,35H,5,8-9,12-13,17-21H2,1-3H3,(H,32,37)/t22-,23-,29+/m1/s1. The quantitative estimate of drug-likeness (QED) is 0.535. The fraction of sp³-hybridized carbons (Fsp3) is 0.548. The van der Waals surface area contributed by atoms with Crippen LogP contribution in [0, 0.1) is 11.8 Å². The lowest BCUT2D eigenvalue weighted by atomic mass is 9.88. The van der Waals surface area contributed by atoms with Crippen molar-refractivity contribution in [2.45, 2.75) is 71.1 Å². The minimum absolute atomic E-state index is 0.0442. The lowest BCUT2D eigenvalue weighted by Crippen LogP contribution is -2.47. The number of nitrogens with one attached hydrogen (secondary N) is 1. The molecule has 2 N–H and O–H groups in total. The molecule has 1 aliphatic heterocycles. The molecule has 2 aromatic carbocycles. The Morgan fingerprint density at radius 3 is 2.61 bits per heavy atom. The number of aliphatic hydroxyl groups excluding tert-OH is 1. The largest absolute Gasteiger partial charge is 0.488 e. The van der Waals surface area contributed by atoms with Crippen molar-refractivity contribution in [2.75, 3.05) is 32.1 Å². The van der Waals surface area contributed by atoms with Crippen LogP contribution in [0.3, 0.4) is 0 Å². The molecule has 2 aliphatic rings. The van der Waals surface area contributed by atoms with Crippen LogP contribution in [-0.2, 0) is 22.6 Å². The third kappa shape index (κ3) is 7.35. The summed E-state index contributed by atoms with van der Waals surface area (Å²) in [6.45, 7) is 5.87. The van der Waals surface area contributed by atoms with E-state index in [0.29, 0.717) is 24.5 Å². The summed E-state index contributed by atoms with van der Waals surface area (Å²) in [7, 11) is 2.08. The summed E-state index contributed by atoms with van der Waals surface area (Å²) in [5.41, 5.74) is 2.69. The Hall–Kier alpha value is -2.90. The number of hydrogen-bond acceptors (Lipinski definition) is 5. The Kier molecular flexibility index (Phi) is 9.80. The van der Waals surface area contributed by atoms with Crippen LogP contribution in [-0.4, -0.2) is 65.6 Å². The van der Waals surface area contributed by atoms with Crippen LogP contribution in [0.5, 0.6) is 5.75 Å². The lowest BCUT2D eigenvalue weighted by molar-refractivity contribution is -0.134. The third-order valence-corrected chi connectivity index (χ3v) is 7.95. The molecule has 0 saturated heterocycles. The Morgan fingerprint density at radius 2 is 1.89 bits per heavy atom. The molecular formula is C31H43N3O4. The van der Waals surface area contributed by atoms with Crippen molar-refractivity contribution in [1.29, 1.82) is 0 Å². The van der Waals surface area contributed by atoms with E-state index in [1.54, 1.807) is 4.90 Å². The van der Waals surface area contributed by atoms with Crippen molar-refractivity contribution in [2.24, 2.45) is 11.8 Å². The average molecular weight is 522 g/mol. The topological polar surface area (TPSA) is 82.1 Å². The van der Waals surface area contributed by atoms with Gasteiger partial charge in [0.15, 0.2) is 0 Å². The van der Waals surface area contributed by atoms with Gasteiger partial charge in [-0.1, -0.05) is 56.5 Å². The Morgan fingerprint density at radius 1 is 1.16 bits per heavy atom. The highest BCUT2D eigenvalue weighted by Crippen LogP contribution is 2.30. The third-order valence-electron chi connectivity index (χ3n) is 7.95. The first-order chi connectivity index (χ1) is 18.3. The van der Waals surface area contributed by atoms with Gasteiger partial charge >= 0.3 is 0 Å². The number of nitrogens with zero attached hydrogens (tertiary/aromatic N) is 2. The summed E-state index contributed by atoms with van der Waals surface area (Å²) in [6, 6.07) is 15.7. The molecule has 4 rings (SSSR count). The van der Waals surface area contributed by atoms with Crippen molar-refractivity contribution in [3.63, 3.8) is 0 Å². The van der Waals surface area contributed by atoms with E-state index in [0.717, 1.165) is 37.8 Å². The van der Waals surface area contributed by atoms with E-state index in [-0.39, 0.29) is 48.8 Å². The van der Waals surface area contributed by atoms with E-state index in [1.807, 2.05) is 43.3 Å². The van der Waals surface area contributed by atoms with E-state index in [4.69, 9.17) is 4.74 Å². The van der Waals surface area contributed by atoms with Gasteiger partial charge in [0.2, 0.25) is 11.8 Å². The van der Waals surface area contributed by atoms with Gasteiger partial charge in [0.1, 0.15) is 11.9 Å². The number of fused-ring (bicyclic) bond motifs is 1. The molecule has 1 saturated carbocycles. The second-order valence-electron chi connectivity index (χ2n) is 11.2. The number of rotatable bonds is 8. The number of anilines is 1. The fourth-order valence-corrected chi connectivity index (χ4v) is 5.60. The molecule has 0 aromatic heterocycles. The average Bonchev–Trinajstić information content (AvgIpc) is 2.97. The van der Waals surface area contributed by atoms with Crippen LogP contribution in [0.2, 0.25) is 0 Å². The van der Waals surface area contributed by atoms with Gasteiger partial charge < -0.3 is 20.1 Å². The first kappa shape index (κ1) is 28.1. The summed E-state index contributed by atoms with van der Waals surface area (Å²) in [4.78, 5) is 30.3.